The molecule has 1 N–H and O–H groups in total. The number of amides is 1. The van der Waals surface area contributed by atoms with Crippen molar-refractivity contribution in [2.75, 3.05) is 19.6 Å². The molecule has 0 bridgehead atoms. The molecule has 4 rings (SSSR count). The third kappa shape index (κ3) is 2.71. The van der Waals surface area contributed by atoms with Gasteiger partial charge in [0.05, 0.1) is 5.69 Å². The summed E-state index contributed by atoms with van der Waals surface area (Å²) in [4.78, 5) is 21.7. The van der Waals surface area contributed by atoms with Gasteiger partial charge in [-0.1, -0.05) is 6.07 Å². The molecule has 0 radical (unpaired) electrons. The largest absolute Gasteiger partial charge is 0.335 e. The molecule has 2 aliphatic heterocycles. The molecule has 1 atom stereocenters. The highest BCUT2D eigenvalue weighted by molar-refractivity contribution is 5.92. The Bertz CT molecular complexity index is 729. The van der Waals surface area contributed by atoms with Crippen molar-refractivity contribution in [3.63, 3.8) is 0 Å². The summed E-state index contributed by atoms with van der Waals surface area (Å²) in [6, 6.07) is 7.94. The normalized spacial score (nSPS) is 24.1. The third-order valence-electron chi connectivity index (χ3n) is 5.39. The highest BCUT2D eigenvalue weighted by Gasteiger charge is 2.48. The van der Waals surface area contributed by atoms with Gasteiger partial charge in [-0.3, -0.25) is 19.8 Å². The van der Waals surface area contributed by atoms with Gasteiger partial charge in [-0.15, -0.1) is 0 Å². The van der Waals surface area contributed by atoms with Crippen molar-refractivity contribution in [2.45, 2.75) is 38.3 Å². The van der Waals surface area contributed by atoms with E-state index in [2.05, 4.69) is 32.2 Å². The number of rotatable bonds is 3. The highest BCUT2D eigenvalue weighted by Crippen LogP contribution is 2.39. The molecule has 1 spiro atoms. The average Bonchev–Trinajstić information content (AvgIpc) is 3.13. The van der Waals surface area contributed by atoms with Crippen LogP contribution >= 0.6 is 0 Å². The Kier molecular flexibility index (Phi) is 3.84. The number of aromatic nitrogens is 3. The molecule has 4 heterocycles. The van der Waals surface area contributed by atoms with E-state index in [0.29, 0.717) is 5.69 Å². The molecule has 1 amide bonds. The minimum atomic E-state index is 0.0621. The molecule has 1 unspecified atom stereocenters. The number of aromatic amines is 1. The van der Waals surface area contributed by atoms with E-state index < -0.39 is 0 Å². The molecule has 6 nitrogen and oxygen atoms in total. The Labute approximate surface area is 141 Å². The molecule has 24 heavy (non-hydrogen) atoms. The van der Waals surface area contributed by atoms with Crippen molar-refractivity contribution in [1.82, 2.24) is 25.0 Å². The molecule has 0 saturated carbocycles. The van der Waals surface area contributed by atoms with Gasteiger partial charge in [-0.25, -0.2) is 0 Å². The van der Waals surface area contributed by atoms with Gasteiger partial charge in [0.2, 0.25) is 0 Å². The smallest absolute Gasteiger partial charge is 0.271 e. The van der Waals surface area contributed by atoms with E-state index in [9.17, 15) is 4.79 Å². The van der Waals surface area contributed by atoms with Crippen LogP contribution in [0.2, 0.25) is 0 Å². The molecule has 0 aliphatic carbocycles. The van der Waals surface area contributed by atoms with Crippen LogP contribution in [0.5, 0.6) is 0 Å². The van der Waals surface area contributed by atoms with Gasteiger partial charge in [0, 0.05) is 43.6 Å². The van der Waals surface area contributed by atoms with Crippen LogP contribution in [0.1, 0.15) is 41.1 Å². The van der Waals surface area contributed by atoms with Gasteiger partial charge >= 0.3 is 0 Å². The lowest BCUT2D eigenvalue weighted by atomic mass is 9.77. The predicted molar refractivity (Wildman–Crippen MR) is 90.5 cm³/mol. The molecule has 2 aromatic rings. The Morgan fingerprint density at radius 2 is 2.21 bits per heavy atom. The molecule has 126 valence electrons. The van der Waals surface area contributed by atoms with Gasteiger partial charge in [0.15, 0.2) is 0 Å². The fourth-order valence-corrected chi connectivity index (χ4v) is 4.01. The summed E-state index contributed by atoms with van der Waals surface area (Å²) in [6.45, 7) is 5.61. The second-order valence-corrected chi connectivity index (χ2v) is 6.97. The maximum absolute atomic E-state index is 12.6. The number of carbonyl (C=O) groups excluding carboxylic acids is 1. The van der Waals surface area contributed by atoms with Crippen LogP contribution < -0.4 is 0 Å². The minimum absolute atomic E-state index is 0.0621. The first-order valence-electron chi connectivity index (χ1n) is 8.63. The average molecular weight is 325 g/mol. The van der Waals surface area contributed by atoms with E-state index in [1.807, 2.05) is 17.9 Å². The number of hydrogen-bond donors (Lipinski definition) is 1. The second-order valence-electron chi connectivity index (χ2n) is 6.97. The molecule has 2 aromatic heterocycles. The summed E-state index contributed by atoms with van der Waals surface area (Å²) in [7, 11) is 0. The van der Waals surface area contributed by atoms with Crippen molar-refractivity contribution in [3.8, 4) is 0 Å². The number of carbonyl (C=O) groups is 1. The fourth-order valence-electron chi connectivity index (χ4n) is 4.01. The van der Waals surface area contributed by atoms with Crippen molar-refractivity contribution >= 4 is 5.91 Å². The van der Waals surface area contributed by atoms with Gasteiger partial charge in [-0.2, -0.15) is 5.10 Å². The molecule has 6 heteroatoms. The summed E-state index contributed by atoms with van der Waals surface area (Å²) in [5, 5.41) is 6.69. The van der Waals surface area contributed by atoms with E-state index in [1.165, 1.54) is 0 Å². The zero-order valence-corrected chi connectivity index (χ0v) is 14.0. The van der Waals surface area contributed by atoms with Crippen LogP contribution in [0.4, 0.5) is 0 Å². The van der Waals surface area contributed by atoms with E-state index in [0.717, 1.165) is 56.8 Å². The number of nitrogens with one attached hydrogen (secondary N) is 1. The van der Waals surface area contributed by atoms with Crippen molar-refractivity contribution in [1.29, 1.82) is 0 Å². The maximum atomic E-state index is 12.6. The third-order valence-corrected chi connectivity index (χ3v) is 5.39. The number of likely N-dealkylation sites (tertiary alicyclic amines) is 2. The topological polar surface area (TPSA) is 65.1 Å². The molecule has 2 saturated heterocycles. The first-order valence-corrected chi connectivity index (χ1v) is 8.63. The summed E-state index contributed by atoms with van der Waals surface area (Å²) < 4.78 is 0. The summed E-state index contributed by atoms with van der Waals surface area (Å²) in [5.74, 6) is 0.0621. The highest BCUT2D eigenvalue weighted by atomic mass is 16.2. The number of H-pyrrole nitrogens is 1. The van der Waals surface area contributed by atoms with E-state index in [1.54, 1.807) is 12.3 Å². The summed E-state index contributed by atoms with van der Waals surface area (Å²) in [5.41, 5.74) is 2.88. The number of pyridine rings is 1. The van der Waals surface area contributed by atoms with Crippen molar-refractivity contribution in [3.05, 3.63) is 47.5 Å². The Morgan fingerprint density at radius 1 is 1.29 bits per heavy atom. The minimum Gasteiger partial charge on any atom is -0.335 e. The second kappa shape index (κ2) is 6.02. The summed E-state index contributed by atoms with van der Waals surface area (Å²) in [6.07, 6.45) is 5.00. The summed E-state index contributed by atoms with van der Waals surface area (Å²) >= 11 is 0. The molecule has 2 aliphatic rings. The van der Waals surface area contributed by atoms with Gasteiger partial charge in [-0.05, 0) is 44.4 Å². The molecule has 2 fully saturated rings. The monoisotopic (exact) mass is 325 g/mol. The fraction of sp³-hybridized carbons (Fsp3) is 0.500. The molecule has 0 aromatic carbocycles. The number of piperidine rings is 1. The van der Waals surface area contributed by atoms with E-state index in [4.69, 9.17) is 0 Å². The standard InChI is InChI=1S/C18H23N5O/c1-14-4-2-5-15(20-14)12-23-11-8-18(23)7-3-10-22(13-18)17(24)16-6-9-19-21-16/h2,4-6,9H,3,7-8,10-13H2,1H3,(H,19,21). The van der Waals surface area contributed by atoms with Crippen molar-refractivity contribution in [2.24, 2.45) is 0 Å². The first kappa shape index (κ1) is 15.3. The first-order chi connectivity index (χ1) is 11.7. The van der Waals surface area contributed by atoms with Crippen LogP contribution in [-0.2, 0) is 6.54 Å². The SMILES string of the molecule is Cc1cccc(CN2CCC23CCCN(C(=O)c2ccn[nH]2)C3)n1. The number of nitrogens with zero attached hydrogens (tertiary/aromatic N) is 4. The Morgan fingerprint density at radius 3 is 2.92 bits per heavy atom. The number of hydrogen-bond acceptors (Lipinski definition) is 4. The van der Waals surface area contributed by atoms with Crippen molar-refractivity contribution < 1.29 is 4.79 Å². The Hall–Kier alpha value is -2.21. The van der Waals surface area contributed by atoms with E-state index in [-0.39, 0.29) is 11.4 Å². The van der Waals surface area contributed by atoms with Gasteiger partial charge in [0.1, 0.15) is 5.69 Å². The lowest BCUT2D eigenvalue weighted by Gasteiger charge is -2.57. The zero-order valence-electron chi connectivity index (χ0n) is 14.0. The molecular weight excluding hydrogens is 302 g/mol. The lowest BCUT2D eigenvalue weighted by Crippen LogP contribution is -2.67. The Balaban J connectivity index is 1.47. The maximum Gasteiger partial charge on any atom is 0.271 e. The van der Waals surface area contributed by atoms with Gasteiger partial charge < -0.3 is 4.90 Å². The zero-order chi connectivity index (χ0) is 16.6. The van der Waals surface area contributed by atoms with Crippen LogP contribution in [0.25, 0.3) is 0 Å². The van der Waals surface area contributed by atoms with E-state index >= 15 is 0 Å². The van der Waals surface area contributed by atoms with Gasteiger partial charge in [0.25, 0.3) is 5.91 Å². The van der Waals surface area contributed by atoms with Crippen LogP contribution in [-0.4, -0.2) is 56.1 Å². The lowest BCUT2D eigenvalue weighted by molar-refractivity contribution is -0.0656. The quantitative estimate of drug-likeness (QED) is 0.937. The van der Waals surface area contributed by atoms with Crippen LogP contribution in [0.15, 0.2) is 30.5 Å². The van der Waals surface area contributed by atoms with Crippen LogP contribution in [0.3, 0.4) is 0 Å². The molecular formula is C18H23N5O. The van der Waals surface area contributed by atoms with Crippen LogP contribution in [0, 0.1) is 6.92 Å². The number of aryl methyl sites for hydroxylation is 1. The predicted octanol–water partition coefficient (Wildman–Crippen LogP) is 1.99.